The summed E-state index contributed by atoms with van der Waals surface area (Å²) < 4.78 is 0. The van der Waals surface area contributed by atoms with Crippen molar-refractivity contribution in [3.05, 3.63) is 120 Å². The predicted molar refractivity (Wildman–Crippen MR) is 254 cm³/mol. The quantitative estimate of drug-likeness (QED) is 0.0766. The summed E-state index contributed by atoms with van der Waals surface area (Å²) in [6.07, 6.45) is 3.53. The normalized spacial score (nSPS) is 22.3. The largest absolute Gasteiger partial charge is 0.391 e. The molecule has 0 unspecified atom stereocenters. The van der Waals surface area contributed by atoms with Gasteiger partial charge in [-0.25, -0.2) is 0 Å². The highest BCUT2D eigenvalue weighted by Gasteiger charge is 2.38. The zero-order valence-electron chi connectivity index (χ0n) is 37.0. The zero-order chi connectivity index (χ0) is 46.5. The number of aromatic amines is 1. The molecule has 0 saturated carbocycles. The van der Waals surface area contributed by atoms with Gasteiger partial charge in [-0.2, -0.15) is 11.8 Å². The molecule has 5 aromatic rings. The predicted octanol–water partition coefficient (Wildman–Crippen LogP) is 2.88. The Kier molecular flexibility index (Phi) is 17.1. The standard InChI is InChI=1S/C49H60N8O7S/c1-30(58)43-48(63)53-39(23-25-65-3)49(64)57(2)42(26-31-14-5-4-6-15-31)47(62)55-40(27-33-18-13-17-32-16-7-8-19-35(32)33)46(61)54-41(28-34-29-51-37-21-10-9-20-36(34)37)45(60)52-38(44(59)56-43)22-11-12-24-50/h4-10,13-21,29-30,38-43,51,58H,11-12,22-28,50H2,1-3H3,(H,52,60)(H,53,63)(H,54,61)(H,55,62)(H,56,59)/t30-,38+,39+,40+,41-,42+,43+/m1/s1. The minimum Gasteiger partial charge on any atom is -0.391 e. The Morgan fingerprint density at radius 1 is 0.631 bits per heavy atom. The molecule has 0 bridgehead atoms. The van der Waals surface area contributed by atoms with Crippen molar-refractivity contribution in [1.29, 1.82) is 0 Å². The van der Waals surface area contributed by atoms with Gasteiger partial charge in [0.25, 0.3) is 0 Å². The van der Waals surface area contributed by atoms with Crippen LogP contribution in [0.5, 0.6) is 0 Å². The second kappa shape index (κ2) is 23.1. The monoisotopic (exact) mass is 904 g/mol. The molecule has 7 atom stereocenters. The second-order valence-electron chi connectivity index (χ2n) is 16.6. The number of fused-ring (bicyclic) bond motifs is 2. The molecule has 9 N–H and O–H groups in total. The summed E-state index contributed by atoms with van der Waals surface area (Å²) in [6, 6.07) is 22.5. The van der Waals surface area contributed by atoms with Crippen molar-refractivity contribution in [2.24, 2.45) is 5.73 Å². The Bertz CT molecular complexity index is 2440. The van der Waals surface area contributed by atoms with Crippen molar-refractivity contribution in [3.63, 3.8) is 0 Å². The third-order valence-corrected chi connectivity index (χ3v) is 12.6. The van der Waals surface area contributed by atoms with Crippen molar-refractivity contribution in [2.75, 3.05) is 25.6 Å². The third kappa shape index (κ3) is 12.5. The molecule has 1 saturated heterocycles. The van der Waals surface area contributed by atoms with E-state index in [4.69, 9.17) is 5.73 Å². The zero-order valence-corrected chi connectivity index (χ0v) is 37.9. The minimum absolute atomic E-state index is 0.00231. The smallest absolute Gasteiger partial charge is 0.245 e. The van der Waals surface area contributed by atoms with Crippen LogP contribution in [0.3, 0.4) is 0 Å². The number of benzene rings is 4. The first-order valence-corrected chi connectivity index (χ1v) is 23.5. The van der Waals surface area contributed by atoms with Gasteiger partial charge in [-0.05, 0) is 84.7 Å². The summed E-state index contributed by atoms with van der Waals surface area (Å²) in [6.45, 7) is 1.67. The number of aliphatic hydroxyl groups excluding tert-OH is 1. The van der Waals surface area contributed by atoms with E-state index in [0.29, 0.717) is 30.7 Å². The number of aliphatic hydroxyl groups is 1. The van der Waals surface area contributed by atoms with Crippen LogP contribution in [0.15, 0.2) is 103 Å². The topological polar surface area (TPSA) is 228 Å². The van der Waals surface area contributed by atoms with Crippen LogP contribution in [0.4, 0.5) is 0 Å². The fourth-order valence-electron chi connectivity index (χ4n) is 8.26. The Balaban J connectivity index is 1.47. The van der Waals surface area contributed by atoms with Crippen LogP contribution < -0.4 is 32.3 Å². The molecule has 1 aliphatic rings. The molecule has 2 heterocycles. The number of carbonyl (C=O) groups excluding carboxylic acids is 6. The average Bonchev–Trinajstić information content (AvgIpc) is 3.72. The first-order valence-electron chi connectivity index (χ1n) is 22.1. The molecule has 0 radical (unpaired) electrons. The van der Waals surface area contributed by atoms with Crippen molar-refractivity contribution < 1.29 is 33.9 Å². The van der Waals surface area contributed by atoms with Crippen LogP contribution in [0.1, 0.15) is 49.3 Å². The van der Waals surface area contributed by atoms with Gasteiger partial charge in [-0.1, -0.05) is 91.0 Å². The van der Waals surface area contributed by atoms with Crippen LogP contribution >= 0.6 is 11.8 Å². The van der Waals surface area contributed by atoms with Crippen LogP contribution in [0.25, 0.3) is 21.7 Å². The first-order chi connectivity index (χ1) is 31.4. The molecule has 4 aromatic carbocycles. The molecular weight excluding hydrogens is 845 g/mol. The molecule has 16 heteroatoms. The van der Waals surface area contributed by atoms with Crippen molar-refractivity contribution >= 4 is 68.9 Å². The fourth-order valence-corrected chi connectivity index (χ4v) is 8.73. The number of hydrogen-bond donors (Lipinski definition) is 8. The summed E-state index contributed by atoms with van der Waals surface area (Å²) in [4.78, 5) is 91.9. The Hall–Kier alpha value is -6.23. The molecule has 344 valence electrons. The van der Waals surface area contributed by atoms with E-state index in [9.17, 15) is 33.9 Å². The van der Waals surface area contributed by atoms with Gasteiger partial charge >= 0.3 is 0 Å². The minimum atomic E-state index is -1.52. The lowest BCUT2D eigenvalue weighted by molar-refractivity contribution is -0.143. The van der Waals surface area contributed by atoms with Crippen molar-refractivity contribution in [1.82, 2.24) is 36.5 Å². The number of nitrogens with one attached hydrogen (secondary N) is 6. The number of thioether (sulfide) groups is 1. The molecular formula is C49H60N8O7S. The Morgan fingerprint density at radius 3 is 1.94 bits per heavy atom. The number of nitrogens with two attached hydrogens (primary N) is 1. The molecule has 65 heavy (non-hydrogen) atoms. The highest BCUT2D eigenvalue weighted by atomic mass is 32.2. The van der Waals surface area contributed by atoms with E-state index in [2.05, 4.69) is 31.6 Å². The number of likely N-dealkylation sites (N-methyl/N-ethyl adjacent to an activating group) is 1. The maximum Gasteiger partial charge on any atom is 0.245 e. The van der Waals surface area contributed by atoms with E-state index in [1.165, 1.54) is 30.6 Å². The number of nitrogens with zero attached hydrogens (tertiary/aromatic N) is 1. The van der Waals surface area contributed by atoms with E-state index >= 15 is 0 Å². The average molecular weight is 905 g/mol. The van der Waals surface area contributed by atoms with Crippen molar-refractivity contribution in [3.8, 4) is 0 Å². The number of hydrogen-bond acceptors (Lipinski definition) is 9. The van der Waals surface area contributed by atoms with Crippen molar-refractivity contribution in [2.45, 2.75) is 94.2 Å². The highest BCUT2D eigenvalue weighted by molar-refractivity contribution is 7.98. The summed E-state index contributed by atoms with van der Waals surface area (Å²) in [5.41, 5.74) is 8.83. The molecule has 6 amide bonds. The summed E-state index contributed by atoms with van der Waals surface area (Å²) in [5, 5.41) is 27.7. The lowest BCUT2D eigenvalue weighted by atomic mass is 9.96. The van der Waals surface area contributed by atoms with E-state index in [0.717, 1.165) is 32.8 Å². The number of para-hydroxylation sites is 1. The van der Waals surface area contributed by atoms with Gasteiger partial charge in [0.05, 0.1) is 6.10 Å². The van der Waals surface area contributed by atoms with Gasteiger partial charge in [0.2, 0.25) is 35.4 Å². The van der Waals surface area contributed by atoms with Gasteiger partial charge in [0, 0.05) is 43.4 Å². The first kappa shape index (κ1) is 48.2. The number of unbranched alkanes of at least 4 members (excludes halogenated alkanes) is 1. The van der Waals surface area contributed by atoms with Gasteiger partial charge in [-0.3, -0.25) is 28.8 Å². The highest BCUT2D eigenvalue weighted by Crippen LogP contribution is 2.23. The van der Waals surface area contributed by atoms with Gasteiger partial charge in [0.1, 0.15) is 36.3 Å². The molecule has 1 fully saturated rings. The molecule has 0 aliphatic carbocycles. The number of amides is 6. The van der Waals surface area contributed by atoms with E-state index in [-0.39, 0.29) is 32.1 Å². The molecule has 6 rings (SSSR count). The van der Waals surface area contributed by atoms with Crippen LogP contribution in [-0.2, 0) is 48.0 Å². The Morgan fingerprint density at radius 2 is 1.23 bits per heavy atom. The lowest BCUT2D eigenvalue weighted by Gasteiger charge is -2.33. The summed E-state index contributed by atoms with van der Waals surface area (Å²) in [5.74, 6) is -3.68. The van der Waals surface area contributed by atoms with E-state index in [1.54, 1.807) is 6.20 Å². The maximum absolute atomic E-state index is 15.0. The Labute approximate surface area is 383 Å². The van der Waals surface area contributed by atoms with Crippen LogP contribution in [0.2, 0.25) is 0 Å². The molecule has 15 nitrogen and oxygen atoms in total. The summed E-state index contributed by atoms with van der Waals surface area (Å²) in [7, 11) is 1.48. The van der Waals surface area contributed by atoms with Crippen LogP contribution in [-0.4, -0.2) is 118 Å². The fraction of sp³-hybridized carbons (Fsp3) is 0.388. The number of carbonyl (C=O) groups is 6. The number of rotatable bonds is 14. The molecule has 1 aliphatic heterocycles. The van der Waals surface area contributed by atoms with Gasteiger partial charge in [0.15, 0.2) is 0 Å². The lowest BCUT2D eigenvalue weighted by Crippen LogP contribution is -2.63. The SMILES string of the molecule is CSCC[C@@H]1NC(=O)[C@H]([C@@H](C)O)NC(=O)[C@H](CCCCN)NC(=O)[C@@H](Cc2c[nH]c3ccccc23)NC(=O)[C@H](Cc2cccc3ccccc23)NC(=O)[C@H](Cc2ccccc2)N(C)C1=O. The number of aromatic nitrogens is 1. The summed E-state index contributed by atoms with van der Waals surface area (Å²) >= 11 is 1.45. The second-order valence-corrected chi connectivity index (χ2v) is 17.6. The molecule has 0 spiro atoms. The number of H-pyrrole nitrogens is 1. The third-order valence-electron chi connectivity index (χ3n) is 11.9. The van der Waals surface area contributed by atoms with Gasteiger partial charge in [-0.15, -0.1) is 0 Å². The van der Waals surface area contributed by atoms with E-state index < -0.39 is 77.8 Å². The van der Waals surface area contributed by atoms with Crippen LogP contribution in [0, 0.1) is 0 Å². The van der Waals surface area contributed by atoms with E-state index in [1.807, 2.05) is 103 Å². The van der Waals surface area contributed by atoms with Gasteiger partial charge < -0.3 is 47.3 Å². The molecule has 1 aromatic heterocycles. The maximum atomic E-state index is 15.0.